The lowest BCUT2D eigenvalue weighted by molar-refractivity contribution is 1.13. The molecule has 3 aromatic heterocycles. The summed E-state index contributed by atoms with van der Waals surface area (Å²) < 4.78 is 7.68. The molecule has 64 heavy (non-hydrogen) atoms. The molecular weight excluding hydrogens is 809 g/mol. The molecule has 13 rings (SSSR count). The van der Waals surface area contributed by atoms with Gasteiger partial charge in [0.1, 0.15) is 0 Å². The summed E-state index contributed by atoms with van der Waals surface area (Å²) in [5.41, 5.74) is 9.51. The number of fused-ring (bicyclic) bond motifs is 9. The van der Waals surface area contributed by atoms with Gasteiger partial charge in [-0.1, -0.05) is 200 Å². The summed E-state index contributed by atoms with van der Waals surface area (Å²) in [7, 11) is -2.71. The van der Waals surface area contributed by atoms with Crippen LogP contribution in [0.4, 0.5) is 0 Å². The lowest BCUT2D eigenvalue weighted by Gasteiger charge is -2.34. The van der Waals surface area contributed by atoms with Crippen molar-refractivity contribution in [1.82, 2.24) is 9.13 Å². The zero-order valence-electron chi connectivity index (χ0n) is 34.9. The molecule has 3 heterocycles. The molecule has 0 unspecified atom stereocenters. The van der Waals surface area contributed by atoms with Crippen LogP contribution in [0.25, 0.3) is 86.3 Å². The fraction of sp³-hybridized carbons (Fsp3) is 0. The monoisotopic (exact) mass is 848 g/mol. The maximum atomic E-state index is 2.54. The standard InChI is InChI=1S/C60H40N2SSi/c1-4-18-43(19-5-1)64(44-20-6-2-7-21-44,45-22-8-3-9-23-45)46-37-35-42(36-38-46)61-54-30-13-10-25-49(54)53-29-17-32-56(60(53)61)62-55-31-14-11-24-48(55)52-28-16-27-47(59(52)62)41-34-39-51-50-26-12-15-33-57(50)63-58(51)40-41/h1-40H. The van der Waals surface area contributed by atoms with Crippen molar-refractivity contribution >= 4 is 104 Å². The number of hydrogen-bond donors (Lipinski definition) is 0. The SMILES string of the molecule is c1ccc([Si](c2ccccc2)(c2ccccc2)c2ccc(-n3c4ccccc4c4cccc(-n5c6ccccc6c6cccc(-c7ccc8c(c7)sc7ccccc78)c65)c43)cc2)cc1. The van der Waals surface area contributed by atoms with Crippen molar-refractivity contribution in [1.29, 1.82) is 0 Å². The molecule has 0 aliphatic rings. The molecule has 13 aromatic rings. The third-order valence-corrected chi connectivity index (χ3v) is 19.4. The first-order valence-corrected chi connectivity index (χ1v) is 24.8. The minimum Gasteiger partial charge on any atom is -0.307 e. The van der Waals surface area contributed by atoms with Gasteiger partial charge in [-0.3, -0.25) is 0 Å². The third kappa shape index (κ3) is 5.43. The van der Waals surface area contributed by atoms with Crippen LogP contribution in [0.2, 0.25) is 0 Å². The zero-order valence-corrected chi connectivity index (χ0v) is 36.7. The van der Waals surface area contributed by atoms with E-state index in [1.165, 1.54) is 95.7 Å². The fourth-order valence-electron chi connectivity index (χ4n) is 10.8. The first-order valence-electron chi connectivity index (χ1n) is 22.0. The number of rotatable bonds is 7. The highest BCUT2D eigenvalue weighted by Gasteiger charge is 2.41. The van der Waals surface area contributed by atoms with Crippen molar-refractivity contribution in [2.45, 2.75) is 0 Å². The summed E-state index contributed by atoms with van der Waals surface area (Å²) in [6.07, 6.45) is 0. The van der Waals surface area contributed by atoms with Crippen LogP contribution in [0.3, 0.4) is 0 Å². The molecule has 0 radical (unpaired) electrons. The predicted octanol–water partition coefficient (Wildman–Crippen LogP) is 13.3. The molecule has 0 amide bonds. The van der Waals surface area contributed by atoms with E-state index in [2.05, 4.69) is 252 Å². The molecule has 0 atom stereocenters. The molecule has 0 bridgehead atoms. The van der Waals surface area contributed by atoms with Crippen LogP contribution in [0, 0.1) is 0 Å². The lowest BCUT2D eigenvalue weighted by Crippen LogP contribution is -2.74. The smallest absolute Gasteiger partial charge is 0.179 e. The Kier molecular flexibility index (Phi) is 8.45. The Morgan fingerprint density at radius 3 is 1.44 bits per heavy atom. The molecule has 0 saturated heterocycles. The van der Waals surface area contributed by atoms with Crippen LogP contribution in [0.1, 0.15) is 0 Å². The first-order chi connectivity index (χ1) is 31.8. The molecule has 10 aromatic carbocycles. The van der Waals surface area contributed by atoms with Gasteiger partial charge in [0.25, 0.3) is 0 Å². The Balaban J connectivity index is 1.07. The molecule has 0 N–H and O–H groups in total. The predicted molar refractivity (Wildman–Crippen MR) is 277 cm³/mol. The van der Waals surface area contributed by atoms with E-state index in [1.54, 1.807) is 0 Å². The maximum absolute atomic E-state index is 2.71. The van der Waals surface area contributed by atoms with Crippen molar-refractivity contribution in [3.05, 3.63) is 243 Å². The summed E-state index contributed by atoms with van der Waals surface area (Å²) in [5, 5.41) is 13.1. The van der Waals surface area contributed by atoms with E-state index < -0.39 is 8.07 Å². The van der Waals surface area contributed by atoms with Gasteiger partial charge in [-0.2, -0.15) is 0 Å². The van der Waals surface area contributed by atoms with E-state index in [0.29, 0.717) is 0 Å². The lowest BCUT2D eigenvalue weighted by atomic mass is 10.0. The van der Waals surface area contributed by atoms with E-state index in [0.717, 1.165) is 11.4 Å². The second-order valence-electron chi connectivity index (χ2n) is 16.8. The van der Waals surface area contributed by atoms with Gasteiger partial charge in [0.15, 0.2) is 8.07 Å². The highest BCUT2D eigenvalue weighted by Crippen LogP contribution is 2.43. The topological polar surface area (TPSA) is 9.86 Å². The van der Waals surface area contributed by atoms with Crippen molar-refractivity contribution < 1.29 is 0 Å². The molecule has 0 fully saturated rings. The first kappa shape index (κ1) is 36.9. The van der Waals surface area contributed by atoms with Crippen molar-refractivity contribution in [2.75, 3.05) is 0 Å². The van der Waals surface area contributed by atoms with E-state index in [1.807, 2.05) is 11.3 Å². The minimum atomic E-state index is -2.71. The van der Waals surface area contributed by atoms with Gasteiger partial charge in [-0.25, -0.2) is 0 Å². The van der Waals surface area contributed by atoms with Crippen LogP contribution < -0.4 is 20.7 Å². The third-order valence-electron chi connectivity index (χ3n) is 13.5. The number of para-hydroxylation sites is 4. The van der Waals surface area contributed by atoms with Gasteiger partial charge >= 0.3 is 0 Å². The summed E-state index contributed by atoms with van der Waals surface area (Å²) >= 11 is 1.88. The Morgan fingerprint density at radius 1 is 0.312 bits per heavy atom. The zero-order chi connectivity index (χ0) is 42.2. The number of benzene rings is 10. The molecular formula is C60H40N2SSi. The fourth-order valence-corrected chi connectivity index (χ4v) is 16.7. The van der Waals surface area contributed by atoms with Gasteiger partial charge in [-0.15, -0.1) is 11.3 Å². The second-order valence-corrected chi connectivity index (χ2v) is 21.7. The van der Waals surface area contributed by atoms with Crippen molar-refractivity contribution in [3.63, 3.8) is 0 Å². The number of aromatic nitrogens is 2. The minimum absolute atomic E-state index is 1.13. The maximum Gasteiger partial charge on any atom is 0.179 e. The summed E-state index contributed by atoms with van der Waals surface area (Å²) in [4.78, 5) is 0. The summed E-state index contributed by atoms with van der Waals surface area (Å²) in [5.74, 6) is 0. The van der Waals surface area contributed by atoms with Gasteiger partial charge in [-0.05, 0) is 68.8 Å². The van der Waals surface area contributed by atoms with Gasteiger partial charge in [0, 0.05) is 53.0 Å². The van der Waals surface area contributed by atoms with Gasteiger partial charge in [0.05, 0.1) is 27.8 Å². The molecule has 0 spiro atoms. The quantitative estimate of drug-likeness (QED) is 0.112. The Labute approximate surface area is 376 Å². The average Bonchev–Trinajstić information content (AvgIpc) is 4.03. The summed E-state index contributed by atoms with van der Waals surface area (Å²) in [6.45, 7) is 0. The normalized spacial score (nSPS) is 12.1. The molecule has 4 heteroatoms. The number of thiophene rings is 1. The largest absolute Gasteiger partial charge is 0.307 e. The highest BCUT2D eigenvalue weighted by molar-refractivity contribution is 7.25. The number of nitrogens with zero attached hydrogens (tertiary/aromatic N) is 2. The van der Waals surface area contributed by atoms with E-state index in [-0.39, 0.29) is 0 Å². The van der Waals surface area contributed by atoms with Gasteiger partial charge in [0.2, 0.25) is 0 Å². The van der Waals surface area contributed by atoms with Crippen LogP contribution in [-0.4, -0.2) is 17.2 Å². The Hall–Kier alpha value is -7.76. The summed E-state index contributed by atoms with van der Waals surface area (Å²) in [6, 6.07) is 90.4. The van der Waals surface area contributed by atoms with Crippen LogP contribution in [0.5, 0.6) is 0 Å². The molecule has 0 saturated carbocycles. The van der Waals surface area contributed by atoms with Gasteiger partial charge < -0.3 is 9.13 Å². The molecule has 0 aliphatic carbocycles. The van der Waals surface area contributed by atoms with E-state index >= 15 is 0 Å². The van der Waals surface area contributed by atoms with Crippen molar-refractivity contribution in [3.8, 4) is 22.5 Å². The average molecular weight is 849 g/mol. The van der Waals surface area contributed by atoms with Crippen molar-refractivity contribution in [2.24, 2.45) is 0 Å². The van der Waals surface area contributed by atoms with Crippen LogP contribution >= 0.6 is 11.3 Å². The number of hydrogen-bond acceptors (Lipinski definition) is 1. The van der Waals surface area contributed by atoms with Crippen LogP contribution in [0.15, 0.2) is 243 Å². The van der Waals surface area contributed by atoms with Crippen LogP contribution in [-0.2, 0) is 0 Å². The molecule has 300 valence electrons. The Bertz CT molecular complexity index is 3790. The second kappa shape index (κ2) is 14.7. The molecule has 2 nitrogen and oxygen atoms in total. The van der Waals surface area contributed by atoms with E-state index in [4.69, 9.17) is 0 Å². The Morgan fingerprint density at radius 2 is 0.797 bits per heavy atom. The molecule has 0 aliphatic heterocycles. The van der Waals surface area contributed by atoms with E-state index in [9.17, 15) is 0 Å². The highest BCUT2D eigenvalue weighted by atomic mass is 32.1.